The first kappa shape index (κ1) is 14.2. The second-order valence-corrected chi connectivity index (χ2v) is 4.86. The van der Waals surface area contributed by atoms with Gasteiger partial charge in [-0.25, -0.2) is 4.98 Å². The third-order valence-corrected chi connectivity index (χ3v) is 3.46. The van der Waals surface area contributed by atoms with Gasteiger partial charge in [0.05, 0.1) is 19.8 Å². The van der Waals surface area contributed by atoms with Crippen molar-refractivity contribution < 1.29 is 9.47 Å². The second-order valence-electron chi connectivity index (χ2n) is 4.86. The number of methoxy groups -OCH3 is 1. The zero-order valence-electron chi connectivity index (χ0n) is 11.8. The van der Waals surface area contributed by atoms with Crippen molar-refractivity contribution in [2.45, 2.75) is 32.2 Å². The average Bonchev–Trinajstić information content (AvgIpc) is 2.49. The lowest BCUT2D eigenvalue weighted by Gasteiger charge is -2.31. The highest BCUT2D eigenvalue weighted by atomic mass is 16.5. The summed E-state index contributed by atoms with van der Waals surface area (Å²) >= 11 is 0. The van der Waals surface area contributed by atoms with Crippen molar-refractivity contribution in [2.75, 3.05) is 26.9 Å². The van der Waals surface area contributed by atoms with Crippen LogP contribution in [0, 0.1) is 5.92 Å². The van der Waals surface area contributed by atoms with Crippen LogP contribution in [-0.2, 0) is 4.74 Å². The van der Waals surface area contributed by atoms with Crippen molar-refractivity contribution in [3.63, 3.8) is 0 Å². The number of hydrogen-bond acceptors (Lipinski definition) is 5. The number of nitrogens with zero attached hydrogens (tertiary/aromatic N) is 2. The first-order valence-corrected chi connectivity index (χ1v) is 7.02. The van der Waals surface area contributed by atoms with E-state index in [4.69, 9.17) is 9.47 Å². The van der Waals surface area contributed by atoms with Crippen molar-refractivity contribution in [3.05, 3.63) is 18.1 Å². The molecule has 106 valence electrons. The second kappa shape index (κ2) is 7.40. The molecule has 2 heterocycles. The Balaban J connectivity index is 2.19. The van der Waals surface area contributed by atoms with Gasteiger partial charge in [-0.2, -0.15) is 0 Å². The molecule has 1 fully saturated rings. The minimum atomic E-state index is 0.156. The Kier molecular flexibility index (Phi) is 5.54. The van der Waals surface area contributed by atoms with Crippen molar-refractivity contribution >= 4 is 0 Å². The molecule has 19 heavy (non-hydrogen) atoms. The van der Waals surface area contributed by atoms with Gasteiger partial charge in [-0.15, -0.1) is 0 Å². The maximum Gasteiger partial charge on any atom is 0.237 e. The lowest BCUT2D eigenvalue weighted by molar-refractivity contribution is 0.0379. The standard InChI is InChI=1S/C14H23N3O2/c1-3-6-15-12(11-5-4-9-19-10-11)13-14(18-2)17-8-7-16-13/h7-8,11-12,15H,3-6,9-10H2,1-2H3. The molecule has 0 bridgehead atoms. The van der Waals surface area contributed by atoms with Crippen LogP contribution >= 0.6 is 0 Å². The molecule has 5 nitrogen and oxygen atoms in total. The van der Waals surface area contributed by atoms with Gasteiger partial charge >= 0.3 is 0 Å². The van der Waals surface area contributed by atoms with Crippen LogP contribution in [-0.4, -0.2) is 36.8 Å². The van der Waals surface area contributed by atoms with E-state index in [0.29, 0.717) is 11.8 Å². The van der Waals surface area contributed by atoms with Gasteiger partial charge in [0.1, 0.15) is 5.69 Å². The Morgan fingerprint density at radius 2 is 2.32 bits per heavy atom. The third kappa shape index (κ3) is 3.64. The molecule has 1 saturated heterocycles. The van der Waals surface area contributed by atoms with Gasteiger partial charge in [0.15, 0.2) is 0 Å². The summed E-state index contributed by atoms with van der Waals surface area (Å²) in [6, 6.07) is 0.156. The summed E-state index contributed by atoms with van der Waals surface area (Å²) in [4.78, 5) is 8.73. The molecule has 2 rings (SSSR count). The smallest absolute Gasteiger partial charge is 0.237 e. The highest BCUT2D eigenvalue weighted by molar-refractivity contribution is 5.22. The van der Waals surface area contributed by atoms with Crippen molar-refractivity contribution in [1.82, 2.24) is 15.3 Å². The quantitative estimate of drug-likeness (QED) is 0.852. The van der Waals surface area contributed by atoms with Gasteiger partial charge in [0, 0.05) is 24.9 Å². The molecule has 1 N–H and O–H groups in total. The third-order valence-electron chi connectivity index (χ3n) is 3.46. The predicted octanol–water partition coefficient (Wildman–Crippen LogP) is 1.95. The molecule has 0 radical (unpaired) electrons. The largest absolute Gasteiger partial charge is 0.480 e. The van der Waals surface area contributed by atoms with Crippen LogP contribution in [0.3, 0.4) is 0 Å². The summed E-state index contributed by atoms with van der Waals surface area (Å²) in [5.41, 5.74) is 0.897. The number of aromatic nitrogens is 2. The normalized spacial score (nSPS) is 21.1. The van der Waals surface area contributed by atoms with Crippen LogP contribution in [0.5, 0.6) is 5.88 Å². The zero-order chi connectivity index (χ0) is 13.5. The van der Waals surface area contributed by atoms with Crippen LogP contribution in [0.1, 0.15) is 37.9 Å². The van der Waals surface area contributed by atoms with Gasteiger partial charge in [0.25, 0.3) is 0 Å². The topological polar surface area (TPSA) is 56.3 Å². The number of nitrogens with one attached hydrogen (secondary N) is 1. The van der Waals surface area contributed by atoms with E-state index in [-0.39, 0.29) is 6.04 Å². The van der Waals surface area contributed by atoms with Gasteiger partial charge < -0.3 is 14.8 Å². The lowest BCUT2D eigenvalue weighted by atomic mass is 9.91. The van der Waals surface area contributed by atoms with Gasteiger partial charge in [-0.1, -0.05) is 6.92 Å². The Morgan fingerprint density at radius 1 is 1.47 bits per heavy atom. The first-order valence-electron chi connectivity index (χ1n) is 7.02. The van der Waals surface area contributed by atoms with Crippen LogP contribution in [0.2, 0.25) is 0 Å². The minimum Gasteiger partial charge on any atom is -0.480 e. The van der Waals surface area contributed by atoms with Gasteiger partial charge in [-0.05, 0) is 25.8 Å². The number of hydrogen-bond donors (Lipinski definition) is 1. The lowest BCUT2D eigenvalue weighted by Crippen LogP contribution is -2.34. The summed E-state index contributed by atoms with van der Waals surface area (Å²) in [6.07, 6.45) is 6.74. The minimum absolute atomic E-state index is 0.156. The van der Waals surface area contributed by atoms with Crippen LogP contribution in [0.4, 0.5) is 0 Å². The fraction of sp³-hybridized carbons (Fsp3) is 0.714. The molecule has 2 unspecified atom stereocenters. The maximum absolute atomic E-state index is 5.61. The van der Waals surface area contributed by atoms with E-state index in [0.717, 1.165) is 44.7 Å². The van der Waals surface area contributed by atoms with E-state index in [2.05, 4.69) is 22.2 Å². The molecule has 0 aromatic carbocycles. The summed E-state index contributed by atoms with van der Waals surface area (Å²) in [5, 5.41) is 3.57. The van der Waals surface area contributed by atoms with E-state index < -0.39 is 0 Å². The van der Waals surface area contributed by atoms with E-state index >= 15 is 0 Å². The molecule has 2 atom stereocenters. The van der Waals surface area contributed by atoms with Crippen LogP contribution in [0.25, 0.3) is 0 Å². The maximum atomic E-state index is 5.61. The molecule has 0 amide bonds. The molecule has 0 aliphatic carbocycles. The molecular formula is C14H23N3O2. The SMILES string of the molecule is CCCNC(c1nccnc1OC)C1CCCOC1. The highest BCUT2D eigenvalue weighted by Crippen LogP contribution is 2.31. The molecule has 5 heteroatoms. The summed E-state index contributed by atoms with van der Waals surface area (Å²) < 4.78 is 11.0. The highest BCUT2D eigenvalue weighted by Gasteiger charge is 2.28. The molecule has 1 aliphatic heterocycles. The first-order chi connectivity index (χ1) is 9.36. The number of rotatable bonds is 6. The predicted molar refractivity (Wildman–Crippen MR) is 73.2 cm³/mol. The number of ether oxygens (including phenoxy) is 2. The molecule has 1 aromatic rings. The fourth-order valence-electron chi connectivity index (χ4n) is 2.52. The van der Waals surface area contributed by atoms with Crippen LogP contribution < -0.4 is 10.1 Å². The molecule has 0 saturated carbocycles. The van der Waals surface area contributed by atoms with Crippen molar-refractivity contribution in [3.8, 4) is 5.88 Å². The van der Waals surface area contributed by atoms with E-state index in [1.807, 2.05) is 0 Å². The van der Waals surface area contributed by atoms with Gasteiger partial charge in [0.2, 0.25) is 5.88 Å². The zero-order valence-corrected chi connectivity index (χ0v) is 11.8. The van der Waals surface area contributed by atoms with Crippen molar-refractivity contribution in [2.24, 2.45) is 5.92 Å². The summed E-state index contributed by atoms with van der Waals surface area (Å²) in [5.74, 6) is 1.05. The molecule has 1 aliphatic rings. The van der Waals surface area contributed by atoms with E-state index in [9.17, 15) is 0 Å². The Bertz CT molecular complexity index is 381. The van der Waals surface area contributed by atoms with Gasteiger partial charge in [-0.3, -0.25) is 4.98 Å². The summed E-state index contributed by atoms with van der Waals surface area (Å²) in [7, 11) is 1.64. The fourth-order valence-corrected chi connectivity index (χ4v) is 2.52. The Morgan fingerprint density at radius 3 is 3.00 bits per heavy atom. The Hall–Kier alpha value is -1.20. The molecule has 0 spiro atoms. The van der Waals surface area contributed by atoms with Crippen LogP contribution in [0.15, 0.2) is 12.4 Å². The van der Waals surface area contributed by atoms with E-state index in [1.165, 1.54) is 0 Å². The summed E-state index contributed by atoms with van der Waals surface area (Å²) in [6.45, 7) is 4.77. The Labute approximate surface area is 114 Å². The molecule has 1 aromatic heterocycles. The monoisotopic (exact) mass is 265 g/mol. The van der Waals surface area contributed by atoms with Crippen molar-refractivity contribution in [1.29, 1.82) is 0 Å². The molecular weight excluding hydrogens is 242 g/mol. The average molecular weight is 265 g/mol. The van der Waals surface area contributed by atoms with E-state index in [1.54, 1.807) is 19.5 Å².